The fourth-order valence-corrected chi connectivity index (χ4v) is 2.41. The molecule has 2 aromatic heterocycles. The molecule has 3 aromatic rings. The zero-order valence-corrected chi connectivity index (χ0v) is 12.0. The lowest BCUT2D eigenvalue weighted by Gasteiger charge is -2.07. The summed E-state index contributed by atoms with van der Waals surface area (Å²) in [5.74, 6) is 1.09. The van der Waals surface area contributed by atoms with Crippen molar-refractivity contribution in [2.24, 2.45) is 0 Å². The van der Waals surface area contributed by atoms with Crippen LogP contribution in [0.4, 0.5) is 0 Å². The summed E-state index contributed by atoms with van der Waals surface area (Å²) in [6.45, 7) is 2.83. The molecule has 102 valence electrons. The van der Waals surface area contributed by atoms with Gasteiger partial charge in [-0.3, -0.25) is 0 Å². The second kappa shape index (κ2) is 5.59. The molecule has 0 aliphatic carbocycles. The number of hydrogen-bond donors (Lipinski definition) is 0. The third-order valence-electron chi connectivity index (χ3n) is 3.21. The van der Waals surface area contributed by atoms with Gasteiger partial charge in [0, 0.05) is 6.42 Å². The number of hydrogen-bond acceptors (Lipinski definition) is 3. The van der Waals surface area contributed by atoms with Gasteiger partial charge in [0.1, 0.15) is 5.82 Å². The average molecular weight is 287 g/mol. The summed E-state index contributed by atoms with van der Waals surface area (Å²) >= 11 is 5.78. The van der Waals surface area contributed by atoms with Crippen molar-refractivity contribution in [3.8, 4) is 0 Å². The summed E-state index contributed by atoms with van der Waals surface area (Å²) in [7, 11) is 0. The highest BCUT2D eigenvalue weighted by Crippen LogP contribution is 2.18. The standard InChI is InChI=1S/C15H15ClN4/c1-2-5-15-17-12-6-3-4-7-13(12)20(15)10-11-8-9-14(16)19-18-11/h3-4,6-9H,2,5,10H2,1H3. The number of nitrogens with zero attached hydrogens (tertiary/aromatic N) is 4. The predicted octanol–water partition coefficient (Wildman–Crippen LogP) is 3.48. The molecule has 5 heteroatoms. The SMILES string of the molecule is CCCc1nc2ccccc2n1Cc1ccc(Cl)nn1. The van der Waals surface area contributed by atoms with Crippen LogP contribution in [0.3, 0.4) is 0 Å². The Balaban J connectivity index is 2.04. The normalized spacial score (nSPS) is 11.1. The highest BCUT2D eigenvalue weighted by molar-refractivity contribution is 6.29. The molecular weight excluding hydrogens is 272 g/mol. The maximum absolute atomic E-state index is 5.78. The number of aryl methyl sites for hydroxylation is 1. The van der Waals surface area contributed by atoms with E-state index in [9.17, 15) is 0 Å². The maximum Gasteiger partial charge on any atom is 0.151 e. The highest BCUT2D eigenvalue weighted by atomic mass is 35.5. The van der Waals surface area contributed by atoms with Crippen LogP contribution in [0, 0.1) is 0 Å². The molecular formula is C15H15ClN4. The quantitative estimate of drug-likeness (QED) is 0.737. The topological polar surface area (TPSA) is 43.6 Å². The lowest BCUT2D eigenvalue weighted by Crippen LogP contribution is -2.07. The minimum absolute atomic E-state index is 0.415. The Bertz CT molecular complexity index is 718. The monoisotopic (exact) mass is 286 g/mol. The number of para-hydroxylation sites is 2. The van der Waals surface area contributed by atoms with Crippen LogP contribution in [0.2, 0.25) is 5.15 Å². The molecule has 0 aliphatic rings. The highest BCUT2D eigenvalue weighted by Gasteiger charge is 2.10. The molecule has 0 amide bonds. The maximum atomic E-state index is 5.78. The van der Waals surface area contributed by atoms with E-state index in [0.29, 0.717) is 11.7 Å². The van der Waals surface area contributed by atoms with Crippen LogP contribution in [0.25, 0.3) is 11.0 Å². The molecule has 0 N–H and O–H groups in total. The Morgan fingerprint density at radius 1 is 1.10 bits per heavy atom. The van der Waals surface area contributed by atoms with E-state index in [1.807, 2.05) is 24.3 Å². The van der Waals surface area contributed by atoms with E-state index < -0.39 is 0 Å². The first-order valence-electron chi connectivity index (χ1n) is 6.70. The number of benzene rings is 1. The molecule has 2 heterocycles. The molecule has 0 bridgehead atoms. The Labute approximate surface area is 122 Å². The Kier molecular flexibility index (Phi) is 3.65. The molecule has 0 aliphatic heterocycles. The first kappa shape index (κ1) is 13.1. The molecule has 4 nitrogen and oxygen atoms in total. The Morgan fingerprint density at radius 2 is 1.95 bits per heavy atom. The molecule has 0 radical (unpaired) electrons. The molecule has 0 spiro atoms. The van der Waals surface area contributed by atoms with Gasteiger partial charge in [0.15, 0.2) is 5.15 Å². The molecule has 0 unspecified atom stereocenters. The van der Waals surface area contributed by atoms with Gasteiger partial charge in [0.05, 0.1) is 23.3 Å². The number of rotatable bonds is 4. The Morgan fingerprint density at radius 3 is 2.70 bits per heavy atom. The summed E-state index contributed by atoms with van der Waals surface area (Å²) in [4.78, 5) is 4.70. The van der Waals surface area contributed by atoms with Crippen LogP contribution in [0.1, 0.15) is 24.9 Å². The van der Waals surface area contributed by atoms with Crippen LogP contribution >= 0.6 is 11.6 Å². The van der Waals surface area contributed by atoms with E-state index in [0.717, 1.165) is 35.4 Å². The van der Waals surface area contributed by atoms with E-state index >= 15 is 0 Å². The Hall–Kier alpha value is -1.94. The van der Waals surface area contributed by atoms with Crippen molar-refractivity contribution in [3.63, 3.8) is 0 Å². The van der Waals surface area contributed by atoms with Crippen LogP contribution in [0.5, 0.6) is 0 Å². The molecule has 0 saturated carbocycles. The summed E-state index contributed by atoms with van der Waals surface area (Å²) in [5, 5.41) is 8.44. The third-order valence-corrected chi connectivity index (χ3v) is 3.42. The van der Waals surface area contributed by atoms with Gasteiger partial charge in [0.2, 0.25) is 0 Å². The summed E-state index contributed by atoms with van der Waals surface area (Å²) in [6, 6.07) is 11.8. The van der Waals surface area contributed by atoms with E-state index in [-0.39, 0.29) is 0 Å². The van der Waals surface area contributed by atoms with Crippen molar-refractivity contribution in [2.75, 3.05) is 0 Å². The second-order valence-corrected chi connectivity index (χ2v) is 5.09. The first-order chi connectivity index (χ1) is 9.78. The van der Waals surface area contributed by atoms with Crippen LogP contribution in [0.15, 0.2) is 36.4 Å². The minimum Gasteiger partial charge on any atom is -0.322 e. The zero-order valence-electron chi connectivity index (χ0n) is 11.3. The predicted molar refractivity (Wildman–Crippen MR) is 79.9 cm³/mol. The lowest BCUT2D eigenvalue weighted by molar-refractivity contribution is 0.700. The number of halogens is 1. The van der Waals surface area contributed by atoms with Crippen LogP contribution in [-0.4, -0.2) is 19.7 Å². The van der Waals surface area contributed by atoms with Crippen molar-refractivity contribution in [1.29, 1.82) is 0 Å². The van der Waals surface area contributed by atoms with Crippen molar-refractivity contribution in [1.82, 2.24) is 19.7 Å². The molecule has 1 aromatic carbocycles. The van der Waals surface area contributed by atoms with Gasteiger partial charge in [-0.05, 0) is 30.7 Å². The van der Waals surface area contributed by atoms with Gasteiger partial charge >= 0.3 is 0 Å². The average Bonchev–Trinajstić information content (AvgIpc) is 2.80. The largest absolute Gasteiger partial charge is 0.322 e. The summed E-state index contributed by atoms with van der Waals surface area (Å²) in [6.07, 6.45) is 2.02. The summed E-state index contributed by atoms with van der Waals surface area (Å²) in [5.41, 5.74) is 3.04. The van der Waals surface area contributed by atoms with Gasteiger partial charge in [-0.2, -0.15) is 5.10 Å². The molecule has 0 atom stereocenters. The van der Waals surface area contributed by atoms with E-state index in [4.69, 9.17) is 16.6 Å². The van der Waals surface area contributed by atoms with Gasteiger partial charge in [0.25, 0.3) is 0 Å². The molecule has 0 fully saturated rings. The van der Waals surface area contributed by atoms with Gasteiger partial charge in [-0.15, -0.1) is 5.10 Å². The van der Waals surface area contributed by atoms with Crippen LogP contribution in [-0.2, 0) is 13.0 Å². The van der Waals surface area contributed by atoms with E-state index in [1.54, 1.807) is 6.07 Å². The van der Waals surface area contributed by atoms with Gasteiger partial charge in [-0.25, -0.2) is 4.98 Å². The molecule has 3 rings (SSSR count). The third kappa shape index (κ3) is 2.51. The van der Waals surface area contributed by atoms with Crippen molar-refractivity contribution in [2.45, 2.75) is 26.3 Å². The lowest BCUT2D eigenvalue weighted by atomic mass is 10.3. The summed E-state index contributed by atoms with van der Waals surface area (Å²) < 4.78 is 2.21. The van der Waals surface area contributed by atoms with Gasteiger partial charge < -0.3 is 4.57 Å². The number of fused-ring (bicyclic) bond motifs is 1. The van der Waals surface area contributed by atoms with Crippen molar-refractivity contribution < 1.29 is 0 Å². The smallest absolute Gasteiger partial charge is 0.151 e. The molecule has 0 saturated heterocycles. The minimum atomic E-state index is 0.415. The zero-order chi connectivity index (χ0) is 13.9. The number of aromatic nitrogens is 4. The van der Waals surface area contributed by atoms with Crippen molar-refractivity contribution >= 4 is 22.6 Å². The van der Waals surface area contributed by atoms with E-state index in [2.05, 4.69) is 27.8 Å². The fraction of sp³-hybridized carbons (Fsp3) is 0.267. The van der Waals surface area contributed by atoms with Crippen molar-refractivity contribution in [3.05, 3.63) is 53.1 Å². The molecule has 20 heavy (non-hydrogen) atoms. The second-order valence-electron chi connectivity index (χ2n) is 4.70. The number of imidazole rings is 1. The first-order valence-corrected chi connectivity index (χ1v) is 7.08. The van der Waals surface area contributed by atoms with E-state index in [1.165, 1.54) is 0 Å². The van der Waals surface area contributed by atoms with Gasteiger partial charge in [-0.1, -0.05) is 30.7 Å². The van der Waals surface area contributed by atoms with Crippen LogP contribution < -0.4 is 0 Å². The fourth-order valence-electron chi connectivity index (χ4n) is 2.31.